The highest BCUT2D eigenvalue weighted by atomic mass is 16.5. The summed E-state index contributed by atoms with van der Waals surface area (Å²) in [6.45, 7) is 2.18. The van der Waals surface area contributed by atoms with Gasteiger partial charge in [0.25, 0.3) is 0 Å². The molecule has 0 heterocycles. The van der Waals surface area contributed by atoms with E-state index in [1.165, 1.54) is 45.6 Å². The predicted octanol–water partition coefficient (Wildman–Crippen LogP) is 3.55. The highest BCUT2D eigenvalue weighted by Gasteiger charge is 2.29. The Morgan fingerprint density at radius 1 is 1.33 bits per heavy atom. The number of rotatable bonds is 5. The van der Waals surface area contributed by atoms with Gasteiger partial charge in [0.05, 0.1) is 13.0 Å². The Balaban J connectivity index is 2.49. The van der Waals surface area contributed by atoms with Crippen molar-refractivity contribution >= 4 is 5.97 Å². The molecular formula is C13H24O2. The van der Waals surface area contributed by atoms with Crippen LogP contribution in [0.15, 0.2) is 0 Å². The molecule has 0 aromatic carbocycles. The van der Waals surface area contributed by atoms with Crippen molar-refractivity contribution in [1.82, 2.24) is 0 Å². The number of ether oxygens (including phenoxy) is 1. The molecule has 0 unspecified atom stereocenters. The second-order valence-corrected chi connectivity index (χ2v) is 4.67. The van der Waals surface area contributed by atoms with Crippen LogP contribution in [-0.4, -0.2) is 13.1 Å². The summed E-state index contributed by atoms with van der Waals surface area (Å²) >= 11 is 0. The van der Waals surface area contributed by atoms with Crippen molar-refractivity contribution in [3.63, 3.8) is 0 Å². The molecule has 0 saturated heterocycles. The maximum Gasteiger partial charge on any atom is 0.308 e. The van der Waals surface area contributed by atoms with Gasteiger partial charge in [-0.3, -0.25) is 4.79 Å². The predicted molar refractivity (Wildman–Crippen MR) is 61.6 cm³/mol. The Bertz CT molecular complexity index is 183. The van der Waals surface area contributed by atoms with Crippen LogP contribution in [-0.2, 0) is 9.53 Å². The Hall–Kier alpha value is -0.530. The van der Waals surface area contributed by atoms with E-state index >= 15 is 0 Å². The summed E-state index contributed by atoms with van der Waals surface area (Å²) < 4.78 is 4.92. The Morgan fingerprint density at radius 2 is 2.00 bits per heavy atom. The van der Waals surface area contributed by atoms with Crippen LogP contribution in [0.3, 0.4) is 0 Å². The molecule has 1 aliphatic rings. The van der Waals surface area contributed by atoms with Crippen LogP contribution < -0.4 is 0 Å². The number of unbranched alkanes of at least 4 members (excludes halogenated alkanes) is 1. The molecule has 2 nitrogen and oxygen atoms in total. The minimum atomic E-state index is 0.0235. The van der Waals surface area contributed by atoms with Crippen molar-refractivity contribution in [2.75, 3.05) is 7.11 Å². The molecule has 0 aromatic heterocycles. The monoisotopic (exact) mass is 212 g/mol. The second-order valence-electron chi connectivity index (χ2n) is 4.67. The van der Waals surface area contributed by atoms with Gasteiger partial charge >= 0.3 is 5.97 Å². The topological polar surface area (TPSA) is 26.3 Å². The Kier molecular flexibility index (Phi) is 5.74. The number of hydrogen-bond acceptors (Lipinski definition) is 2. The van der Waals surface area contributed by atoms with Crippen molar-refractivity contribution in [1.29, 1.82) is 0 Å². The molecule has 1 rings (SSSR count). The second kappa shape index (κ2) is 6.86. The SMILES string of the molecule is CCCC[C@@H](C(=O)OC)C1CCCCC1. The van der Waals surface area contributed by atoms with Gasteiger partial charge in [-0.15, -0.1) is 0 Å². The third kappa shape index (κ3) is 3.84. The molecular weight excluding hydrogens is 188 g/mol. The largest absolute Gasteiger partial charge is 0.469 e. The van der Waals surface area contributed by atoms with Crippen LogP contribution in [0, 0.1) is 11.8 Å². The molecule has 0 aromatic rings. The fourth-order valence-corrected chi connectivity index (χ4v) is 2.66. The van der Waals surface area contributed by atoms with Crippen molar-refractivity contribution in [2.45, 2.75) is 58.3 Å². The van der Waals surface area contributed by atoms with Crippen molar-refractivity contribution in [3.8, 4) is 0 Å². The van der Waals surface area contributed by atoms with Gasteiger partial charge in [0.2, 0.25) is 0 Å². The first kappa shape index (κ1) is 12.5. The third-order valence-corrected chi connectivity index (χ3v) is 3.59. The first-order valence-electron chi connectivity index (χ1n) is 6.37. The third-order valence-electron chi connectivity index (χ3n) is 3.59. The van der Waals surface area contributed by atoms with Gasteiger partial charge in [0, 0.05) is 0 Å². The fraction of sp³-hybridized carbons (Fsp3) is 0.923. The molecule has 0 aliphatic heterocycles. The van der Waals surface area contributed by atoms with E-state index in [0.717, 1.165) is 12.8 Å². The summed E-state index contributed by atoms with van der Waals surface area (Å²) in [6, 6.07) is 0. The molecule has 1 atom stereocenters. The highest BCUT2D eigenvalue weighted by Crippen LogP contribution is 2.33. The first-order valence-corrected chi connectivity index (χ1v) is 6.37. The average molecular weight is 212 g/mol. The van der Waals surface area contributed by atoms with Crippen LogP contribution >= 0.6 is 0 Å². The maximum absolute atomic E-state index is 11.7. The van der Waals surface area contributed by atoms with Crippen molar-refractivity contribution in [3.05, 3.63) is 0 Å². The van der Waals surface area contributed by atoms with Crippen molar-refractivity contribution < 1.29 is 9.53 Å². The first-order chi connectivity index (χ1) is 7.29. The van der Waals surface area contributed by atoms with Crippen LogP contribution in [0.2, 0.25) is 0 Å². The van der Waals surface area contributed by atoms with Gasteiger partial charge in [-0.2, -0.15) is 0 Å². The normalized spacial score (nSPS) is 19.9. The summed E-state index contributed by atoms with van der Waals surface area (Å²) in [5.74, 6) is 0.795. The molecule has 15 heavy (non-hydrogen) atoms. The molecule has 2 heteroatoms. The summed E-state index contributed by atoms with van der Waals surface area (Å²) in [5.41, 5.74) is 0. The van der Waals surface area contributed by atoms with E-state index in [-0.39, 0.29) is 11.9 Å². The zero-order chi connectivity index (χ0) is 11.1. The molecule has 88 valence electrons. The lowest BCUT2D eigenvalue weighted by Crippen LogP contribution is -2.26. The van der Waals surface area contributed by atoms with Gasteiger partial charge in [-0.1, -0.05) is 39.0 Å². The molecule has 1 fully saturated rings. The zero-order valence-corrected chi connectivity index (χ0v) is 10.1. The van der Waals surface area contributed by atoms with E-state index in [1.54, 1.807) is 0 Å². The minimum absolute atomic E-state index is 0.0235. The fourth-order valence-electron chi connectivity index (χ4n) is 2.66. The lowest BCUT2D eigenvalue weighted by molar-refractivity contribution is -0.148. The summed E-state index contributed by atoms with van der Waals surface area (Å²) in [7, 11) is 1.52. The van der Waals surface area contributed by atoms with Crippen LogP contribution in [0.4, 0.5) is 0 Å². The van der Waals surface area contributed by atoms with E-state index in [0.29, 0.717) is 5.92 Å². The van der Waals surface area contributed by atoms with Gasteiger partial charge in [0.15, 0.2) is 0 Å². The van der Waals surface area contributed by atoms with Crippen LogP contribution in [0.25, 0.3) is 0 Å². The molecule has 0 bridgehead atoms. The molecule has 1 saturated carbocycles. The van der Waals surface area contributed by atoms with Crippen LogP contribution in [0.5, 0.6) is 0 Å². The zero-order valence-electron chi connectivity index (χ0n) is 10.1. The van der Waals surface area contributed by atoms with Gasteiger partial charge in [-0.25, -0.2) is 0 Å². The average Bonchev–Trinajstić information content (AvgIpc) is 2.30. The van der Waals surface area contributed by atoms with E-state index in [9.17, 15) is 4.79 Å². The number of carbonyl (C=O) groups is 1. The highest BCUT2D eigenvalue weighted by molar-refractivity contribution is 5.72. The number of hydrogen-bond donors (Lipinski definition) is 0. The standard InChI is InChI=1S/C13H24O2/c1-3-4-10-12(13(14)15-2)11-8-6-5-7-9-11/h11-12H,3-10H2,1-2H3/t12-/m1/s1. The van der Waals surface area contributed by atoms with Gasteiger partial charge in [0.1, 0.15) is 0 Å². The molecule has 0 amide bonds. The number of methoxy groups -OCH3 is 1. The lowest BCUT2D eigenvalue weighted by Gasteiger charge is -2.28. The summed E-state index contributed by atoms with van der Waals surface area (Å²) in [5, 5.41) is 0. The Morgan fingerprint density at radius 3 is 2.53 bits per heavy atom. The summed E-state index contributed by atoms with van der Waals surface area (Å²) in [4.78, 5) is 11.7. The lowest BCUT2D eigenvalue weighted by atomic mass is 9.78. The Labute approximate surface area is 93.4 Å². The van der Waals surface area contributed by atoms with Crippen molar-refractivity contribution in [2.24, 2.45) is 11.8 Å². The smallest absolute Gasteiger partial charge is 0.308 e. The van der Waals surface area contributed by atoms with E-state index in [1.807, 2.05) is 0 Å². The molecule has 0 radical (unpaired) electrons. The van der Waals surface area contributed by atoms with Gasteiger partial charge in [-0.05, 0) is 25.2 Å². The van der Waals surface area contributed by atoms with E-state index in [4.69, 9.17) is 4.74 Å². The number of carbonyl (C=O) groups excluding carboxylic acids is 1. The number of esters is 1. The van der Waals surface area contributed by atoms with E-state index < -0.39 is 0 Å². The quantitative estimate of drug-likeness (QED) is 0.651. The molecule has 0 spiro atoms. The van der Waals surface area contributed by atoms with Crippen LogP contribution in [0.1, 0.15) is 58.3 Å². The molecule has 0 N–H and O–H groups in total. The van der Waals surface area contributed by atoms with E-state index in [2.05, 4.69) is 6.92 Å². The minimum Gasteiger partial charge on any atom is -0.469 e. The maximum atomic E-state index is 11.7. The van der Waals surface area contributed by atoms with Gasteiger partial charge < -0.3 is 4.74 Å². The summed E-state index contributed by atoms with van der Waals surface area (Å²) in [6.07, 6.45) is 9.73. The molecule has 1 aliphatic carbocycles.